The summed E-state index contributed by atoms with van der Waals surface area (Å²) in [6, 6.07) is 3.87. The molecule has 0 bridgehead atoms. The van der Waals surface area contributed by atoms with Crippen LogP contribution < -0.4 is 4.74 Å². The highest BCUT2D eigenvalue weighted by Gasteiger charge is 2.16. The van der Waals surface area contributed by atoms with Gasteiger partial charge in [0, 0.05) is 0 Å². The highest BCUT2D eigenvalue weighted by Crippen LogP contribution is 2.29. The van der Waals surface area contributed by atoms with Crippen LogP contribution in [0, 0.1) is 0 Å². The van der Waals surface area contributed by atoms with Gasteiger partial charge in [0.2, 0.25) is 0 Å². The summed E-state index contributed by atoms with van der Waals surface area (Å²) in [4.78, 5) is 12.0. The number of benzene rings is 1. The van der Waals surface area contributed by atoms with Gasteiger partial charge in [0.05, 0.1) is 18.8 Å². The molecule has 0 spiro atoms. The van der Waals surface area contributed by atoms with Crippen LogP contribution in [0.25, 0.3) is 0 Å². The number of carbonyl (C=O) groups is 1. The molecule has 0 aliphatic carbocycles. The normalized spacial score (nSPS) is 10.5. The van der Waals surface area contributed by atoms with Crippen molar-refractivity contribution in [3.63, 3.8) is 0 Å². The maximum atomic E-state index is 12.0. The van der Waals surface area contributed by atoms with E-state index < -0.39 is 0 Å². The average Bonchev–Trinajstić information content (AvgIpc) is 2.47. The van der Waals surface area contributed by atoms with Gasteiger partial charge in [0.1, 0.15) is 5.75 Å². The zero-order valence-corrected chi connectivity index (χ0v) is 13.8. The van der Waals surface area contributed by atoms with E-state index in [1.807, 2.05) is 19.1 Å². The molecule has 0 amide bonds. The summed E-state index contributed by atoms with van der Waals surface area (Å²) < 4.78 is 11.1. The Morgan fingerprint density at radius 1 is 0.952 bits per heavy atom. The molecule has 21 heavy (non-hydrogen) atoms. The summed E-state index contributed by atoms with van der Waals surface area (Å²) in [6.45, 7) is 9.33. The van der Waals surface area contributed by atoms with Gasteiger partial charge in [-0.2, -0.15) is 0 Å². The van der Waals surface area contributed by atoms with Crippen LogP contribution in [0.1, 0.15) is 68.4 Å². The summed E-state index contributed by atoms with van der Waals surface area (Å²) in [5.74, 6) is 0.739. The first-order valence-electron chi connectivity index (χ1n) is 8.13. The minimum atomic E-state index is -0.241. The maximum Gasteiger partial charge on any atom is 0.338 e. The van der Waals surface area contributed by atoms with Gasteiger partial charge in [-0.3, -0.25) is 0 Å². The van der Waals surface area contributed by atoms with E-state index in [0.29, 0.717) is 18.8 Å². The number of rotatable bonds is 9. The minimum Gasteiger partial charge on any atom is -0.493 e. The minimum absolute atomic E-state index is 0.241. The number of hydrogen-bond acceptors (Lipinski definition) is 3. The molecule has 0 N–H and O–H groups in total. The average molecular weight is 292 g/mol. The lowest BCUT2D eigenvalue weighted by Crippen LogP contribution is -2.09. The van der Waals surface area contributed by atoms with Crippen molar-refractivity contribution in [2.75, 3.05) is 13.2 Å². The van der Waals surface area contributed by atoms with E-state index >= 15 is 0 Å². The quantitative estimate of drug-likeness (QED) is 0.626. The van der Waals surface area contributed by atoms with Crippen molar-refractivity contribution in [3.8, 4) is 5.75 Å². The smallest absolute Gasteiger partial charge is 0.338 e. The van der Waals surface area contributed by atoms with Crippen molar-refractivity contribution < 1.29 is 14.3 Å². The van der Waals surface area contributed by atoms with Crippen LogP contribution in [0.3, 0.4) is 0 Å². The number of carbonyl (C=O) groups excluding carboxylic acids is 1. The molecule has 3 nitrogen and oxygen atoms in total. The van der Waals surface area contributed by atoms with Crippen molar-refractivity contribution in [3.05, 3.63) is 28.8 Å². The molecule has 0 radical (unpaired) electrons. The van der Waals surface area contributed by atoms with Crippen molar-refractivity contribution >= 4 is 5.97 Å². The molecule has 3 heteroatoms. The SMILES string of the molecule is CCCOc1c(CCC)cc(C(=O)OCC)cc1CCC. The lowest BCUT2D eigenvalue weighted by Gasteiger charge is -2.17. The van der Waals surface area contributed by atoms with E-state index in [1.54, 1.807) is 0 Å². The largest absolute Gasteiger partial charge is 0.493 e. The molecule has 0 saturated heterocycles. The topological polar surface area (TPSA) is 35.5 Å². The molecular weight excluding hydrogens is 264 g/mol. The molecule has 0 aliphatic rings. The van der Waals surface area contributed by atoms with E-state index in [1.165, 1.54) is 0 Å². The first-order valence-corrected chi connectivity index (χ1v) is 8.13. The van der Waals surface area contributed by atoms with Crippen LogP contribution in [-0.2, 0) is 17.6 Å². The van der Waals surface area contributed by atoms with Gasteiger partial charge in [-0.15, -0.1) is 0 Å². The fourth-order valence-electron chi connectivity index (χ4n) is 2.39. The lowest BCUT2D eigenvalue weighted by atomic mass is 9.98. The molecule has 0 saturated carbocycles. The molecule has 0 aromatic heterocycles. The third-order valence-corrected chi connectivity index (χ3v) is 3.24. The molecular formula is C18H28O3. The fourth-order valence-corrected chi connectivity index (χ4v) is 2.39. The third kappa shape index (κ3) is 5.07. The fraction of sp³-hybridized carbons (Fsp3) is 0.611. The molecule has 0 fully saturated rings. The van der Waals surface area contributed by atoms with Gasteiger partial charge < -0.3 is 9.47 Å². The molecule has 0 aliphatic heterocycles. The van der Waals surface area contributed by atoms with Gasteiger partial charge in [-0.05, 0) is 49.4 Å². The van der Waals surface area contributed by atoms with Crippen molar-refractivity contribution in [2.45, 2.75) is 59.8 Å². The van der Waals surface area contributed by atoms with Gasteiger partial charge in [0.15, 0.2) is 0 Å². The second-order valence-corrected chi connectivity index (χ2v) is 5.19. The van der Waals surface area contributed by atoms with Crippen molar-refractivity contribution in [1.29, 1.82) is 0 Å². The zero-order chi connectivity index (χ0) is 15.7. The second kappa shape index (κ2) is 9.43. The number of aryl methyl sites for hydroxylation is 2. The summed E-state index contributed by atoms with van der Waals surface area (Å²) in [6.07, 6.45) is 4.88. The highest BCUT2D eigenvalue weighted by molar-refractivity contribution is 5.90. The first kappa shape index (κ1) is 17.5. The van der Waals surface area contributed by atoms with Crippen LogP contribution in [0.4, 0.5) is 0 Å². The molecule has 118 valence electrons. The number of hydrogen-bond donors (Lipinski definition) is 0. The van der Waals surface area contributed by atoms with Gasteiger partial charge >= 0.3 is 5.97 Å². The van der Waals surface area contributed by atoms with Gasteiger partial charge in [0.25, 0.3) is 0 Å². The summed E-state index contributed by atoms with van der Waals surface area (Å²) in [5, 5.41) is 0. The van der Waals surface area contributed by atoms with Crippen LogP contribution >= 0.6 is 0 Å². The first-order chi connectivity index (χ1) is 10.2. The van der Waals surface area contributed by atoms with Crippen molar-refractivity contribution in [1.82, 2.24) is 0 Å². The molecule has 1 aromatic rings. The number of esters is 1. The molecule has 0 atom stereocenters. The second-order valence-electron chi connectivity index (χ2n) is 5.19. The lowest BCUT2D eigenvalue weighted by molar-refractivity contribution is 0.0526. The number of ether oxygens (including phenoxy) is 2. The third-order valence-electron chi connectivity index (χ3n) is 3.24. The Kier molecular flexibility index (Phi) is 7.88. The van der Waals surface area contributed by atoms with Crippen LogP contribution in [0.5, 0.6) is 5.75 Å². The molecule has 1 rings (SSSR count). The van der Waals surface area contributed by atoms with E-state index in [2.05, 4.69) is 20.8 Å². The van der Waals surface area contributed by atoms with E-state index in [9.17, 15) is 4.79 Å². The standard InChI is InChI=1S/C18H28O3/c1-5-9-14-12-16(18(19)20-8-4)13-15(10-6-2)17(14)21-11-7-3/h12-13H,5-11H2,1-4H3. The van der Waals surface area contributed by atoms with E-state index in [0.717, 1.165) is 49.0 Å². The molecule has 1 aromatic carbocycles. The molecule has 0 unspecified atom stereocenters. The predicted octanol–water partition coefficient (Wildman–Crippen LogP) is 4.56. The summed E-state index contributed by atoms with van der Waals surface area (Å²) in [7, 11) is 0. The Balaban J connectivity index is 3.22. The van der Waals surface area contributed by atoms with Gasteiger partial charge in [-0.1, -0.05) is 33.6 Å². The Hall–Kier alpha value is -1.51. The Morgan fingerprint density at radius 3 is 1.95 bits per heavy atom. The Bertz CT molecular complexity index is 425. The summed E-state index contributed by atoms with van der Waals surface area (Å²) in [5.41, 5.74) is 2.90. The van der Waals surface area contributed by atoms with Gasteiger partial charge in [-0.25, -0.2) is 4.79 Å². The highest BCUT2D eigenvalue weighted by atomic mass is 16.5. The van der Waals surface area contributed by atoms with Crippen LogP contribution in [-0.4, -0.2) is 19.2 Å². The van der Waals surface area contributed by atoms with Crippen LogP contribution in [0.2, 0.25) is 0 Å². The van der Waals surface area contributed by atoms with E-state index in [-0.39, 0.29) is 5.97 Å². The zero-order valence-electron chi connectivity index (χ0n) is 13.8. The molecule has 0 heterocycles. The van der Waals surface area contributed by atoms with E-state index in [4.69, 9.17) is 9.47 Å². The Morgan fingerprint density at radius 2 is 1.52 bits per heavy atom. The van der Waals surface area contributed by atoms with Crippen LogP contribution in [0.15, 0.2) is 12.1 Å². The Labute approximate surface area is 128 Å². The monoisotopic (exact) mass is 292 g/mol. The summed E-state index contributed by atoms with van der Waals surface area (Å²) >= 11 is 0. The van der Waals surface area contributed by atoms with Crippen molar-refractivity contribution in [2.24, 2.45) is 0 Å². The predicted molar refractivity (Wildman–Crippen MR) is 86.2 cm³/mol. The maximum absolute atomic E-state index is 12.0.